The van der Waals surface area contributed by atoms with Crippen LogP contribution in [0.5, 0.6) is 0 Å². The molecule has 2 aliphatic heterocycles. The Kier molecular flexibility index (Phi) is 5.27. The highest BCUT2D eigenvalue weighted by Crippen LogP contribution is 2.30. The summed E-state index contributed by atoms with van der Waals surface area (Å²) in [5.41, 5.74) is 6.13. The summed E-state index contributed by atoms with van der Waals surface area (Å²) in [4.78, 5) is 5.30. The second kappa shape index (κ2) is 6.55. The Balaban J connectivity index is 1.72. The second-order valence-electron chi connectivity index (χ2n) is 7.51. The van der Waals surface area contributed by atoms with E-state index in [0.717, 1.165) is 18.5 Å². The van der Waals surface area contributed by atoms with Crippen molar-refractivity contribution in [1.29, 1.82) is 0 Å². The van der Waals surface area contributed by atoms with Gasteiger partial charge in [0, 0.05) is 12.6 Å². The third kappa shape index (κ3) is 4.17. The number of hydrogen-bond donors (Lipinski definition) is 1. The Labute approximate surface area is 119 Å². The van der Waals surface area contributed by atoms with E-state index in [9.17, 15) is 0 Å². The van der Waals surface area contributed by atoms with E-state index in [4.69, 9.17) is 5.73 Å². The van der Waals surface area contributed by atoms with E-state index in [1.807, 2.05) is 0 Å². The van der Waals surface area contributed by atoms with Crippen molar-refractivity contribution in [3.8, 4) is 0 Å². The van der Waals surface area contributed by atoms with E-state index in [1.165, 1.54) is 58.3 Å². The fraction of sp³-hybridized carbons (Fsp3) is 1.00. The maximum Gasteiger partial charge on any atom is 0.0145 e. The first kappa shape index (κ1) is 15.3. The largest absolute Gasteiger partial charge is 0.330 e. The first-order valence-electron chi connectivity index (χ1n) is 8.14. The first-order chi connectivity index (χ1) is 9.02. The molecule has 19 heavy (non-hydrogen) atoms. The summed E-state index contributed by atoms with van der Waals surface area (Å²) in [6, 6.07) is 0.866. The minimum Gasteiger partial charge on any atom is -0.330 e. The highest BCUT2D eigenvalue weighted by Gasteiger charge is 2.33. The number of nitrogens with zero attached hydrogens (tertiary/aromatic N) is 2. The van der Waals surface area contributed by atoms with Gasteiger partial charge in [-0.05, 0) is 76.7 Å². The zero-order valence-corrected chi connectivity index (χ0v) is 13.2. The molecular formula is C16H33N3. The summed E-state index contributed by atoms with van der Waals surface area (Å²) >= 11 is 0. The average Bonchev–Trinajstić information content (AvgIpc) is 2.39. The molecule has 2 N–H and O–H groups in total. The van der Waals surface area contributed by atoms with E-state index >= 15 is 0 Å². The summed E-state index contributed by atoms with van der Waals surface area (Å²) in [7, 11) is 2.32. The lowest BCUT2D eigenvalue weighted by Crippen LogP contribution is -2.52. The van der Waals surface area contributed by atoms with Crippen LogP contribution in [0.15, 0.2) is 0 Å². The highest BCUT2D eigenvalue weighted by molar-refractivity contribution is 4.89. The van der Waals surface area contributed by atoms with Crippen LogP contribution in [0.25, 0.3) is 0 Å². The lowest BCUT2D eigenvalue weighted by molar-refractivity contribution is 0.0370. The van der Waals surface area contributed by atoms with Gasteiger partial charge in [-0.3, -0.25) is 0 Å². The van der Waals surface area contributed by atoms with Gasteiger partial charge in [0.15, 0.2) is 0 Å². The molecular weight excluding hydrogens is 234 g/mol. The van der Waals surface area contributed by atoms with E-state index in [2.05, 4.69) is 30.7 Å². The molecule has 2 unspecified atom stereocenters. The molecule has 0 aromatic heterocycles. The predicted molar refractivity (Wildman–Crippen MR) is 82.3 cm³/mol. The van der Waals surface area contributed by atoms with Crippen LogP contribution in [0.2, 0.25) is 0 Å². The molecule has 0 aromatic carbocycles. The van der Waals surface area contributed by atoms with E-state index < -0.39 is 0 Å². The van der Waals surface area contributed by atoms with Crippen molar-refractivity contribution in [1.82, 2.24) is 9.80 Å². The minimum absolute atomic E-state index is 0.323. The minimum atomic E-state index is 0.323. The molecule has 0 saturated carbocycles. The van der Waals surface area contributed by atoms with Crippen LogP contribution in [-0.2, 0) is 0 Å². The van der Waals surface area contributed by atoms with Gasteiger partial charge in [-0.15, -0.1) is 0 Å². The molecule has 0 amide bonds. The number of likely N-dealkylation sites (tertiary alicyclic amines) is 2. The Hall–Kier alpha value is -0.120. The van der Waals surface area contributed by atoms with Crippen molar-refractivity contribution in [3.05, 3.63) is 0 Å². The highest BCUT2D eigenvalue weighted by atomic mass is 15.2. The van der Waals surface area contributed by atoms with Gasteiger partial charge in [0.25, 0.3) is 0 Å². The fourth-order valence-electron chi connectivity index (χ4n) is 3.81. The molecule has 2 fully saturated rings. The van der Waals surface area contributed by atoms with E-state index in [1.54, 1.807) is 0 Å². The molecule has 0 radical (unpaired) electrons. The van der Waals surface area contributed by atoms with Crippen molar-refractivity contribution in [2.24, 2.45) is 17.1 Å². The van der Waals surface area contributed by atoms with Gasteiger partial charge < -0.3 is 15.5 Å². The quantitative estimate of drug-likeness (QED) is 0.828. The van der Waals surface area contributed by atoms with E-state index in [0.29, 0.717) is 5.41 Å². The van der Waals surface area contributed by atoms with Gasteiger partial charge in [-0.25, -0.2) is 0 Å². The van der Waals surface area contributed by atoms with Gasteiger partial charge in [0.1, 0.15) is 0 Å². The lowest BCUT2D eigenvalue weighted by Gasteiger charge is -2.46. The molecule has 0 spiro atoms. The molecule has 2 rings (SSSR count). The SMILES string of the molecule is CN1CCCC2CN(CCCC(C)(C)CN)CCC21. The first-order valence-corrected chi connectivity index (χ1v) is 8.14. The maximum absolute atomic E-state index is 5.81. The van der Waals surface area contributed by atoms with Gasteiger partial charge in [-0.2, -0.15) is 0 Å². The molecule has 2 aliphatic rings. The predicted octanol–water partition coefficient (Wildman–Crippen LogP) is 2.17. The fourth-order valence-corrected chi connectivity index (χ4v) is 3.81. The Bertz CT molecular complexity index is 277. The van der Waals surface area contributed by atoms with Crippen LogP contribution < -0.4 is 5.73 Å². The molecule has 2 atom stereocenters. The molecule has 0 aliphatic carbocycles. The number of nitrogens with two attached hydrogens (primary N) is 1. The number of piperidine rings is 2. The molecule has 3 heteroatoms. The molecule has 112 valence electrons. The second-order valence-corrected chi connectivity index (χ2v) is 7.51. The summed E-state index contributed by atoms with van der Waals surface area (Å²) in [6.07, 6.45) is 6.78. The lowest BCUT2D eigenvalue weighted by atomic mass is 9.83. The summed E-state index contributed by atoms with van der Waals surface area (Å²) in [6.45, 7) is 10.6. The molecule has 0 bridgehead atoms. The van der Waals surface area contributed by atoms with Gasteiger partial charge in [0.2, 0.25) is 0 Å². The molecule has 2 heterocycles. The Morgan fingerprint density at radius 3 is 2.74 bits per heavy atom. The Morgan fingerprint density at radius 2 is 2.00 bits per heavy atom. The number of fused-ring (bicyclic) bond motifs is 1. The zero-order valence-electron chi connectivity index (χ0n) is 13.2. The van der Waals surface area contributed by atoms with Crippen molar-refractivity contribution in [3.63, 3.8) is 0 Å². The van der Waals surface area contributed by atoms with Gasteiger partial charge in [0.05, 0.1) is 0 Å². The molecule has 0 aromatic rings. The normalized spacial score (nSPS) is 30.3. The Morgan fingerprint density at radius 1 is 1.21 bits per heavy atom. The smallest absolute Gasteiger partial charge is 0.0145 e. The molecule has 3 nitrogen and oxygen atoms in total. The van der Waals surface area contributed by atoms with Gasteiger partial charge in [-0.1, -0.05) is 13.8 Å². The average molecular weight is 267 g/mol. The van der Waals surface area contributed by atoms with Crippen LogP contribution in [0.4, 0.5) is 0 Å². The number of rotatable bonds is 5. The molecule has 2 saturated heterocycles. The monoisotopic (exact) mass is 267 g/mol. The van der Waals surface area contributed by atoms with Crippen molar-refractivity contribution in [2.75, 3.05) is 39.8 Å². The van der Waals surface area contributed by atoms with Crippen molar-refractivity contribution in [2.45, 2.75) is 52.0 Å². The van der Waals surface area contributed by atoms with Crippen LogP contribution >= 0.6 is 0 Å². The van der Waals surface area contributed by atoms with Crippen molar-refractivity contribution < 1.29 is 0 Å². The number of hydrogen-bond acceptors (Lipinski definition) is 3. The van der Waals surface area contributed by atoms with E-state index in [-0.39, 0.29) is 0 Å². The third-order valence-electron chi connectivity index (χ3n) is 5.31. The van der Waals surface area contributed by atoms with Crippen LogP contribution in [0.1, 0.15) is 46.0 Å². The summed E-state index contributed by atoms with van der Waals surface area (Å²) < 4.78 is 0. The maximum atomic E-state index is 5.81. The van der Waals surface area contributed by atoms with Crippen molar-refractivity contribution >= 4 is 0 Å². The van der Waals surface area contributed by atoms with Crippen LogP contribution in [0, 0.1) is 11.3 Å². The zero-order chi connectivity index (χ0) is 13.9. The standard InChI is InChI=1S/C16H33N3/c1-16(2,13-17)8-5-10-19-11-7-15-14(12-19)6-4-9-18(15)3/h14-15H,4-13,17H2,1-3H3. The van der Waals surface area contributed by atoms with Crippen LogP contribution in [-0.4, -0.2) is 55.6 Å². The van der Waals surface area contributed by atoms with Crippen LogP contribution in [0.3, 0.4) is 0 Å². The third-order valence-corrected chi connectivity index (χ3v) is 5.31. The summed E-state index contributed by atoms with van der Waals surface area (Å²) in [5.74, 6) is 0.926. The van der Waals surface area contributed by atoms with Gasteiger partial charge >= 0.3 is 0 Å². The topological polar surface area (TPSA) is 32.5 Å². The summed E-state index contributed by atoms with van der Waals surface area (Å²) in [5, 5.41) is 0.